The second kappa shape index (κ2) is 12.5. The number of benzene rings is 1. The molecule has 3 nitrogen and oxygen atoms in total. The van der Waals surface area contributed by atoms with Gasteiger partial charge in [-0.05, 0) is 66.2 Å². The number of carbonyl (C=O) groups excluding carboxylic acids is 3. The molecule has 0 aromatic heterocycles. The van der Waals surface area contributed by atoms with Crippen LogP contribution in [-0.4, -0.2) is 17.3 Å². The summed E-state index contributed by atoms with van der Waals surface area (Å²) in [6.07, 6.45) is 3.91. The largest absolute Gasteiger partial charge is 0.300 e. The molecule has 0 fully saturated rings. The fourth-order valence-corrected chi connectivity index (χ4v) is 6.18. The molecule has 0 heterocycles. The quantitative estimate of drug-likeness (QED) is 0.252. The summed E-state index contributed by atoms with van der Waals surface area (Å²) in [5.41, 5.74) is 5.28. The van der Waals surface area contributed by atoms with E-state index in [4.69, 9.17) is 0 Å². The Kier molecular flexibility index (Phi) is 10.5. The first-order valence-electron chi connectivity index (χ1n) is 14.2. The molecule has 0 saturated heterocycles. The van der Waals surface area contributed by atoms with Crippen molar-refractivity contribution in [1.29, 1.82) is 0 Å². The van der Waals surface area contributed by atoms with Crippen molar-refractivity contribution in [2.24, 2.45) is 35.0 Å². The van der Waals surface area contributed by atoms with Gasteiger partial charge in [0, 0.05) is 30.1 Å². The van der Waals surface area contributed by atoms with E-state index in [9.17, 15) is 14.4 Å². The number of Topliss-reactive ketones (excluding diaryl/α,β-unsaturated/α-hetero) is 3. The zero-order valence-electron chi connectivity index (χ0n) is 25.2. The highest BCUT2D eigenvalue weighted by Gasteiger charge is 2.41. The third-order valence-electron chi connectivity index (χ3n) is 8.85. The Morgan fingerprint density at radius 3 is 2.05 bits per heavy atom. The number of hydrogen-bond acceptors (Lipinski definition) is 3. The van der Waals surface area contributed by atoms with E-state index in [-0.39, 0.29) is 58.8 Å². The van der Waals surface area contributed by atoms with Crippen LogP contribution < -0.4 is 0 Å². The molecule has 4 unspecified atom stereocenters. The van der Waals surface area contributed by atoms with Crippen LogP contribution in [0.1, 0.15) is 112 Å². The van der Waals surface area contributed by atoms with Gasteiger partial charge in [0.1, 0.15) is 11.6 Å². The lowest BCUT2D eigenvalue weighted by molar-refractivity contribution is -0.131. The summed E-state index contributed by atoms with van der Waals surface area (Å²) in [7, 11) is 0. The molecule has 0 bridgehead atoms. The number of ketones is 3. The van der Waals surface area contributed by atoms with Crippen LogP contribution in [0.15, 0.2) is 41.5 Å². The second-order valence-corrected chi connectivity index (χ2v) is 12.5. The standard InChI is InChI=1S/C34H50O3/c1-12-30(34(10,11)31-18-23(7)26-15-13-14-16-27(26)31)32(36)19-29(21(4)5)33(37)24(8)28(20(2)3)17-22(6)25(9)35/h13-16,18,20-23,29-30H,12,17,19H2,1-11H3/b28-24-. The first-order valence-corrected chi connectivity index (χ1v) is 14.2. The van der Waals surface area contributed by atoms with Gasteiger partial charge < -0.3 is 0 Å². The molecule has 37 heavy (non-hydrogen) atoms. The molecule has 1 aliphatic rings. The van der Waals surface area contributed by atoms with Gasteiger partial charge in [0.25, 0.3) is 0 Å². The van der Waals surface area contributed by atoms with Crippen molar-refractivity contribution in [2.45, 2.75) is 101 Å². The van der Waals surface area contributed by atoms with Crippen LogP contribution in [0.25, 0.3) is 5.57 Å². The monoisotopic (exact) mass is 506 g/mol. The first kappa shape index (κ1) is 30.9. The van der Waals surface area contributed by atoms with Crippen LogP contribution in [0.2, 0.25) is 0 Å². The molecular formula is C34H50O3. The van der Waals surface area contributed by atoms with Gasteiger partial charge in [-0.2, -0.15) is 0 Å². The van der Waals surface area contributed by atoms with E-state index in [1.165, 1.54) is 16.7 Å². The van der Waals surface area contributed by atoms with Crippen LogP contribution in [0.4, 0.5) is 0 Å². The Morgan fingerprint density at radius 1 is 0.946 bits per heavy atom. The maximum absolute atomic E-state index is 13.9. The molecule has 0 amide bonds. The van der Waals surface area contributed by atoms with Crippen LogP contribution in [0, 0.1) is 35.0 Å². The molecule has 3 heteroatoms. The second-order valence-electron chi connectivity index (χ2n) is 12.5. The summed E-state index contributed by atoms with van der Waals surface area (Å²) >= 11 is 0. The van der Waals surface area contributed by atoms with Crippen LogP contribution in [0.3, 0.4) is 0 Å². The Balaban J connectivity index is 2.37. The van der Waals surface area contributed by atoms with Crippen molar-refractivity contribution in [3.8, 4) is 0 Å². The van der Waals surface area contributed by atoms with Crippen molar-refractivity contribution in [3.05, 3.63) is 52.6 Å². The fourth-order valence-electron chi connectivity index (χ4n) is 6.18. The maximum atomic E-state index is 13.9. The average molecular weight is 507 g/mol. The number of rotatable bonds is 13. The minimum absolute atomic E-state index is 0.0529. The minimum atomic E-state index is -0.359. The summed E-state index contributed by atoms with van der Waals surface area (Å²) < 4.78 is 0. The van der Waals surface area contributed by atoms with Crippen molar-refractivity contribution in [3.63, 3.8) is 0 Å². The van der Waals surface area contributed by atoms with Gasteiger partial charge in [0.2, 0.25) is 0 Å². The summed E-state index contributed by atoms with van der Waals surface area (Å²) in [6.45, 7) is 22.4. The molecule has 204 valence electrons. The van der Waals surface area contributed by atoms with E-state index in [2.05, 4.69) is 71.9 Å². The third kappa shape index (κ3) is 6.78. The van der Waals surface area contributed by atoms with Gasteiger partial charge in [-0.1, -0.05) is 98.2 Å². The van der Waals surface area contributed by atoms with Gasteiger partial charge in [0.15, 0.2) is 5.78 Å². The van der Waals surface area contributed by atoms with Crippen LogP contribution in [-0.2, 0) is 14.4 Å². The summed E-state index contributed by atoms with van der Waals surface area (Å²) in [4.78, 5) is 39.7. The zero-order chi connectivity index (χ0) is 28.2. The molecule has 1 aromatic carbocycles. The zero-order valence-corrected chi connectivity index (χ0v) is 25.2. The van der Waals surface area contributed by atoms with E-state index in [0.717, 1.165) is 17.6 Å². The fraction of sp³-hybridized carbons (Fsp3) is 0.618. The van der Waals surface area contributed by atoms with Crippen LogP contribution >= 0.6 is 0 Å². The molecule has 0 aliphatic heterocycles. The van der Waals surface area contributed by atoms with Crippen molar-refractivity contribution in [1.82, 2.24) is 0 Å². The Bertz CT molecular complexity index is 1070. The van der Waals surface area contributed by atoms with Gasteiger partial charge in [0.05, 0.1) is 0 Å². The van der Waals surface area contributed by atoms with Gasteiger partial charge in [-0.25, -0.2) is 0 Å². The average Bonchev–Trinajstić information content (AvgIpc) is 3.17. The number of allylic oxidation sites excluding steroid dienone is 4. The van der Waals surface area contributed by atoms with E-state index < -0.39 is 0 Å². The molecule has 1 aliphatic carbocycles. The molecule has 0 N–H and O–H groups in total. The Hall–Kier alpha value is -2.29. The lowest BCUT2D eigenvalue weighted by Crippen LogP contribution is -2.35. The van der Waals surface area contributed by atoms with E-state index in [0.29, 0.717) is 12.3 Å². The van der Waals surface area contributed by atoms with E-state index in [1.54, 1.807) is 6.92 Å². The van der Waals surface area contributed by atoms with Gasteiger partial charge >= 0.3 is 0 Å². The summed E-state index contributed by atoms with van der Waals surface area (Å²) in [6, 6.07) is 8.52. The highest BCUT2D eigenvalue weighted by molar-refractivity contribution is 6.00. The maximum Gasteiger partial charge on any atom is 0.162 e. The van der Waals surface area contributed by atoms with E-state index in [1.807, 2.05) is 27.7 Å². The van der Waals surface area contributed by atoms with Crippen LogP contribution in [0.5, 0.6) is 0 Å². The van der Waals surface area contributed by atoms with E-state index >= 15 is 0 Å². The molecule has 0 saturated carbocycles. The highest BCUT2D eigenvalue weighted by Crippen LogP contribution is 2.50. The molecular weight excluding hydrogens is 456 g/mol. The predicted octanol–water partition coefficient (Wildman–Crippen LogP) is 8.63. The Morgan fingerprint density at radius 2 is 1.54 bits per heavy atom. The molecule has 4 atom stereocenters. The van der Waals surface area contributed by atoms with Gasteiger partial charge in [-0.3, -0.25) is 14.4 Å². The lowest BCUT2D eigenvalue weighted by Gasteiger charge is -2.36. The predicted molar refractivity (Wildman–Crippen MR) is 155 cm³/mol. The normalized spacial score (nSPS) is 18.7. The number of carbonyl (C=O) groups is 3. The van der Waals surface area contributed by atoms with Crippen molar-refractivity contribution < 1.29 is 14.4 Å². The van der Waals surface area contributed by atoms with Crippen molar-refractivity contribution >= 4 is 22.9 Å². The summed E-state index contributed by atoms with van der Waals surface area (Å²) in [5, 5.41) is 0. The number of fused-ring (bicyclic) bond motifs is 1. The first-order chi connectivity index (χ1) is 17.1. The summed E-state index contributed by atoms with van der Waals surface area (Å²) in [5.74, 6) is 0.296. The highest BCUT2D eigenvalue weighted by atomic mass is 16.1. The molecule has 1 aromatic rings. The topological polar surface area (TPSA) is 51.2 Å². The molecule has 2 rings (SSSR count). The minimum Gasteiger partial charge on any atom is -0.300 e. The molecule has 0 spiro atoms. The number of hydrogen-bond donors (Lipinski definition) is 0. The SMILES string of the molecule is CCC(C(=O)CC(C(=O)/C(C)=C(/CC(C)C(C)=O)C(C)C)C(C)C)C(C)(C)C1=CC(C)c2ccccc21. The smallest absolute Gasteiger partial charge is 0.162 e. The molecule has 0 radical (unpaired) electrons. The third-order valence-corrected chi connectivity index (χ3v) is 8.85. The van der Waals surface area contributed by atoms with Crippen molar-refractivity contribution in [2.75, 3.05) is 0 Å². The lowest BCUT2D eigenvalue weighted by atomic mass is 9.66. The van der Waals surface area contributed by atoms with Gasteiger partial charge in [-0.15, -0.1) is 0 Å². The Labute approximate surface area is 226 Å².